The Morgan fingerprint density at radius 2 is 1.27 bits per heavy atom. The standard InChI is InChI=1S/C8H6N2.Ag/c1-2-4-8-6-10-9-5-7(8)3-1;/h1-6H;. The molecule has 3 heteroatoms. The Bertz CT molecular complexity index is 283. The van der Waals surface area contributed by atoms with E-state index in [1.165, 1.54) is 0 Å². The number of aromatic nitrogens is 2. The minimum absolute atomic E-state index is 0. The Labute approximate surface area is 80.2 Å². The van der Waals surface area contributed by atoms with E-state index in [0.29, 0.717) is 0 Å². The number of rotatable bonds is 0. The van der Waals surface area contributed by atoms with Crippen molar-refractivity contribution in [1.82, 2.24) is 10.2 Å². The van der Waals surface area contributed by atoms with Gasteiger partial charge >= 0.3 is 0 Å². The van der Waals surface area contributed by atoms with E-state index in [1.807, 2.05) is 24.3 Å². The van der Waals surface area contributed by atoms with E-state index in [1.54, 1.807) is 12.4 Å². The van der Waals surface area contributed by atoms with Crippen molar-refractivity contribution in [2.45, 2.75) is 0 Å². The fraction of sp³-hybridized carbons (Fsp3) is 0. The van der Waals surface area contributed by atoms with Gasteiger partial charge in [0.05, 0.1) is 12.4 Å². The van der Waals surface area contributed by atoms with E-state index in [0.717, 1.165) is 10.8 Å². The molecule has 0 spiro atoms. The molecular formula is C8H6AgN2. The van der Waals surface area contributed by atoms with Gasteiger partial charge in [-0.2, -0.15) is 10.2 Å². The van der Waals surface area contributed by atoms with Gasteiger partial charge in [0.25, 0.3) is 0 Å². The molecule has 0 bridgehead atoms. The van der Waals surface area contributed by atoms with Crippen LogP contribution >= 0.6 is 0 Å². The second-order valence-corrected chi connectivity index (χ2v) is 2.12. The third-order valence-electron chi connectivity index (χ3n) is 1.46. The van der Waals surface area contributed by atoms with Crippen LogP contribution in [0.5, 0.6) is 0 Å². The Balaban J connectivity index is 0.000000605. The van der Waals surface area contributed by atoms with Crippen LogP contribution in [0, 0.1) is 0 Å². The number of nitrogens with zero attached hydrogens (tertiary/aromatic N) is 2. The maximum Gasteiger partial charge on any atom is 0.0574 e. The molecule has 1 heterocycles. The summed E-state index contributed by atoms with van der Waals surface area (Å²) in [5.41, 5.74) is 0. The average Bonchev–Trinajstić information content (AvgIpc) is 2.05. The molecule has 0 N–H and O–H groups in total. The molecule has 0 atom stereocenters. The zero-order valence-corrected chi connectivity index (χ0v) is 7.14. The largest absolute Gasteiger partial charge is 0.158 e. The third-order valence-corrected chi connectivity index (χ3v) is 1.46. The second kappa shape index (κ2) is 3.62. The molecule has 0 aliphatic rings. The van der Waals surface area contributed by atoms with Gasteiger partial charge in [-0.25, -0.2) is 0 Å². The van der Waals surface area contributed by atoms with Crippen LogP contribution in [-0.2, 0) is 22.4 Å². The van der Waals surface area contributed by atoms with Crippen molar-refractivity contribution in [3.8, 4) is 0 Å². The molecule has 1 aromatic carbocycles. The maximum atomic E-state index is 3.76. The van der Waals surface area contributed by atoms with Gasteiger partial charge in [0, 0.05) is 33.2 Å². The molecule has 2 rings (SSSR count). The van der Waals surface area contributed by atoms with Gasteiger partial charge in [0.15, 0.2) is 0 Å². The molecule has 0 saturated heterocycles. The minimum atomic E-state index is 0. The van der Waals surface area contributed by atoms with Crippen molar-refractivity contribution in [2.75, 3.05) is 0 Å². The van der Waals surface area contributed by atoms with E-state index >= 15 is 0 Å². The third kappa shape index (κ3) is 1.66. The molecule has 1 radical (unpaired) electrons. The molecule has 0 fully saturated rings. The molecule has 0 aliphatic heterocycles. The normalized spacial score (nSPS) is 9.09. The first-order valence-corrected chi connectivity index (χ1v) is 3.12. The van der Waals surface area contributed by atoms with Crippen molar-refractivity contribution < 1.29 is 22.4 Å². The fourth-order valence-corrected chi connectivity index (χ4v) is 0.937. The molecule has 0 amide bonds. The summed E-state index contributed by atoms with van der Waals surface area (Å²) in [5, 5.41) is 9.80. The fourth-order valence-electron chi connectivity index (χ4n) is 0.937. The van der Waals surface area contributed by atoms with E-state index in [9.17, 15) is 0 Å². The van der Waals surface area contributed by atoms with Crippen molar-refractivity contribution in [3.63, 3.8) is 0 Å². The van der Waals surface area contributed by atoms with Crippen LogP contribution in [0.4, 0.5) is 0 Å². The van der Waals surface area contributed by atoms with Crippen LogP contribution in [0.25, 0.3) is 10.8 Å². The first kappa shape index (κ1) is 8.40. The smallest absolute Gasteiger partial charge is 0.0574 e. The summed E-state index contributed by atoms with van der Waals surface area (Å²) in [7, 11) is 0. The van der Waals surface area contributed by atoms with Gasteiger partial charge in [-0.15, -0.1) is 0 Å². The number of fused-ring (bicyclic) bond motifs is 1. The summed E-state index contributed by atoms with van der Waals surface area (Å²) in [5.74, 6) is 0. The predicted octanol–water partition coefficient (Wildman–Crippen LogP) is 1.63. The zero-order chi connectivity index (χ0) is 6.81. The van der Waals surface area contributed by atoms with Crippen LogP contribution < -0.4 is 0 Å². The maximum absolute atomic E-state index is 3.76. The molecule has 0 aliphatic carbocycles. The molecule has 2 nitrogen and oxygen atoms in total. The quantitative estimate of drug-likeness (QED) is 0.652. The van der Waals surface area contributed by atoms with Gasteiger partial charge in [-0.05, 0) is 0 Å². The zero-order valence-electron chi connectivity index (χ0n) is 5.66. The molecule has 1 aromatic heterocycles. The summed E-state index contributed by atoms with van der Waals surface area (Å²) < 4.78 is 0. The molecule has 0 unspecified atom stereocenters. The van der Waals surface area contributed by atoms with E-state index < -0.39 is 0 Å². The molecule has 2 aromatic rings. The first-order chi connectivity index (χ1) is 4.97. The molecule has 11 heavy (non-hydrogen) atoms. The van der Waals surface area contributed by atoms with E-state index in [4.69, 9.17) is 0 Å². The van der Waals surface area contributed by atoms with Crippen LogP contribution in [0.2, 0.25) is 0 Å². The van der Waals surface area contributed by atoms with Gasteiger partial charge in [-0.1, -0.05) is 24.3 Å². The summed E-state index contributed by atoms with van der Waals surface area (Å²) in [4.78, 5) is 0. The second-order valence-electron chi connectivity index (χ2n) is 2.12. The van der Waals surface area contributed by atoms with Crippen molar-refractivity contribution in [1.29, 1.82) is 0 Å². The molecular weight excluding hydrogens is 232 g/mol. The Morgan fingerprint density at radius 1 is 0.818 bits per heavy atom. The summed E-state index contributed by atoms with van der Waals surface area (Å²) in [6.07, 6.45) is 3.52. The monoisotopic (exact) mass is 237 g/mol. The molecule has 0 saturated carbocycles. The van der Waals surface area contributed by atoms with Crippen LogP contribution in [0.1, 0.15) is 0 Å². The van der Waals surface area contributed by atoms with Gasteiger partial charge in [0.1, 0.15) is 0 Å². The van der Waals surface area contributed by atoms with Crippen LogP contribution in [0.3, 0.4) is 0 Å². The summed E-state index contributed by atoms with van der Waals surface area (Å²) in [6, 6.07) is 8.02. The summed E-state index contributed by atoms with van der Waals surface area (Å²) >= 11 is 0. The number of hydrogen-bond acceptors (Lipinski definition) is 2. The Morgan fingerprint density at radius 3 is 1.73 bits per heavy atom. The Hall–Kier alpha value is -0.700. The topological polar surface area (TPSA) is 25.8 Å². The van der Waals surface area contributed by atoms with E-state index in [2.05, 4.69) is 10.2 Å². The SMILES string of the molecule is [Ag].c1ccc2cnncc2c1. The molecule has 59 valence electrons. The van der Waals surface area contributed by atoms with Gasteiger partial charge < -0.3 is 0 Å². The van der Waals surface area contributed by atoms with Crippen LogP contribution in [-0.4, -0.2) is 10.2 Å². The number of hydrogen-bond donors (Lipinski definition) is 0. The van der Waals surface area contributed by atoms with Gasteiger partial charge in [-0.3, -0.25) is 0 Å². The number of benzene rings is 1. The van der Waals surface area contributed by atoms with Gasteiger partial charge in [0.2, 0.25) is 0 Å². The first-order valence-electron chi connectivity index (χ1n) is 3.12. The van der Waals surface area contributed by atoms with Crippen molar-refractivity contribution in [3.05, 3.63) is 36.7 Å². The Kier molecular flexibility index (Phi) is 2.77. The average molecular weight is 238 g/mol. The van der Waals surface area contributed by atoms with E-state index in [-0.39, 0.29) is 22.4 Å². The predicted molar refractivity (Wildman–Crippen MR) is 39.5 cm³/mol. The van der Waals surface area contributed by atoms with Crippen molar-refractivity contribution in [2.24, 2.45) is 0 Å². The summed E-state index contributed by atoms with van der Waals surface area (Å²) in [6.45, 7) is 0. The van der Waals surface area contributed by atoms with Crippen LogP contribution in [0.15, 0.2) is 36.7 Å². The minimum Gasteiger partial charge on any atom is -0.158 e. The van der Waals surface area contributed by atoms with Crippen molar-refractivity contribution >= 4 is 10.8 Å².